The first kappa shape index (κ1) is 28.0. The number of imidazole rings is 1. The number of hydrogen-bond acceptors (Lipinski definition) is 6. The number of carbonyl (C=O) groups is 1. The number of nitrogens with one attached hydrogen (secondary N) is 2. The van der Waals surface area contributed by atoms with Crippen LogP contribution in [-0.2, 0) is 9.47 Å². The molecule has 9 heteroatoms. The summed E-state index contributed by atoms with van der Waals surface area (Å²) in [6.45, 7) is 9.51. The average Bonchev–Trinajstić information content (AvgIpc) is 3.02. The van der Waals surface area contributed by atoms with Crippen molar-refractivity contribution < 1.29 is 14.3 Å². The van der Waals surface area contributed by atoms with Crippen LogP contribution in [0.25, 0.3) is 22.4 Å². The molecule has 0 unspecified atom stereocenters. The highest BCUT2D eigenvalue weighted by molar-refractivity contribution is 5.87. The fourth-order valence-corrected chi connectivity index (χ4v) is 4.04. The lowest BCUT2D eigenvalue weighted by molar-refractivity contribution is 0.0636. The number of ether oxygens (including phenoxy) is 2. The Labute approximate surface area is 233 Å². The van der Waals surface area contributed by atoms with Crippen LogP contribution in [-0.4, -0.2) is 32.5 Å². The molecule has 0 bridgehead atoms. The average molecular weight is 540 g/mol. The van der Waals surface area contributed by atoms with Crippen LogP contribution >= 0.6 is 0 Å². The van der Waals surface area contributed by atoms with Crippen molar-refractivity contribution in [3.8, 4) is 5.69 Å². The number of nitrogens with zero attached hydrogens (tertiary/aromatic N) is 3. The minimum Gasteiger partial charge on any atom is -0.473 e. The van der Waals surface area contributed by atoms with Crippen molar-refractivity contribution in [1.29, 1.82) is 0 Å². The van der Waals surface area contributed by atoms with Gasteiger partial charge in [0.15, 0.2) is 6.73 Å². The van der Waals surface area contributed by atoms with E-state index in [0.29, 0.717) is 33.9 Å². The van der Waals surface area contributed by atoms with Gasteiger partial charge in [-0.3, -0.25) is 19.4 Å². The SMILES string of the molecule is C/C=C\C=C/NCOC1=CC=C(n2c(=O)n(-c3cccc(NC(=O)OC(C)(C)C)c3)c3c(C)cncc32)C=C=C1. The molecule has 9 nitrogen and oxygen atoms in total. The summed E-state index contributed by atoms with van der Waals surface area (Å²) in [6, 6.07) is 7.06. The predicted molar refractivity (Wildman–Crippen MR) is 158 cm³/mol. The van der Waals surface area contributed by atoms with E-state index in [-0.39, 0.29) is 12.4 Å². The highest BCUT2D eigenvalue weighted by atomic mass is 16.6. The molecule has 0 spiro atoms. The van der Waals surface area contributed by atoms with Crippen LogP contribution < -0.4 is 16.3 Å². The largest absolute Gasteiger partial charge is 0.473 e. The van der Waals surface area contributed by atoms with Crippen molar-refractivity contribution in [3.63, 3.8) is 0 Å². The van der Waals surface area contributed by atoms with E-state index >= 15 is 0 Å². The van der Waals surface area contributed by atoms with E-state index in [1.54, 1.807) is 91.0 Å². The molecule has 2 heterocycles. The summed E-state index contributed by atoms with van der Waals surface area (Å²) in [5.41, 5.74) is 6.01. The van der Waals surface area contributed by atoms with Gasteiger partial charge in [-0.15, -0.1) is 5.73 Å². The first-order valence-corrected chi connectivity index (χ1v) is 12.9. The molecule has 40 heavy (non-hydrogen) atoms. The topological polar surface area (TPSA) is 99.4 Å². The predicted octanol–water partition coefficient (Wildman–Crippen LogP) is 5.95. The van der Waals surface area contributed by atoms with Gasteiger partial charge in [0, 0.05) is 24.0 Å². The molecule has 2 aromatic heterocycles. The van der Waals surface area contributed by atoms with Crippen molar-refractivity contribution in [3.05, 3.63) is 113 Å². The van der Waals surface area contributed by atoms with Crippen LogP contribution in [0.4, 0.5) is 10.5 Å². The third-order valence-electron chi connectivity index (χ3n) is 5.65. The Morgan fingerprint density at radius 3 is 2.73 bits per heavy atom. The molecule has 1 amide bonds. The molecule has 0 atom stereocenters. The van der Waals surface area contributed by atoms with Crippen LogP contribution in [0.15, 0.2) is 102 Å². The van der Waals surface area contributed by atoms with E-state index < -0.39 is 11.7 Å². The molecule has 1 aromatic carbocycles. The molecule has 1 aliphatic rings. The summed E-state index contributed by atoms with van der Waals surface area (Å²) in [7, 11) is 0. The lowest BCUT2D eigenvalue weighted by Gasteiger charge is -2.19. The Kier molecular flexibility index (Phi) is 8.57. The normalized spacial score (nSPS) is 13.4. The lowest BCUT2D eigenvalue weighted by atomic mass is 10.2. The summed E-state index contributed by atoms with van der Waals surface area (Å²) in [4.78, 5) is 30.6. The minimum absolute atomic E-state index is 0.275. The van der Waals surface area contributed by atoms with Crippen molar-refractivity contribution in [2.24, 2.45) is 0 Å². The molecule has 206 valence electrons. The lowest BCUT2D eigenvalue weighted by Crippen LogP contribution is -2.27. The van der Waals surface area contributed by atoms with Crippen LogP contribution in [0, 0.1) is 6.92 Å². The number of fused-ring (bicyclic) bond motifs is 1. The second kappa shape index (κ2) is 12.2. The van der Waals surface area contributed by atoms with E-state index in [9.17, 15) is 9.59 Å². The maximum absolute atomic E-state index is 14.0. The zero-order valence-corrected chi connectivity index (χ0v) is 23.3. The Morgan fingerprint density at radius 1 is 1.12 bits per heavy atom. The Morgan fingerprint density at radius 2 is 1.95 bits per heavy atom. The Bertz CT molecular complexity index is 1650. The number of pyridine rings is 1. The third-order valence-corrected chi connectivity index (χ3v) is 5.65. The van der Waals surface area contributed by atoms with Gasteiger partial charge in [0.25, 0.3) is 0 Å². The van der Waals surface area contributed by atoms with Gasteiger partial charge in [0.2, 0.25) is 0 Å². The fraction of sp³-hybridized carbons (Fsp3) is 0.226. The summed E-state index contributed by atoms with van der Waals surface area (Å²) >= 11 is 0. The zero-order chi connectivity index (χ0) is 28.7. The number of rotatable bonds is 8. The van der Waals surface area contributed by atoms with Crippen molar-refractivity contribution in [2.75, 3.05) is 12.0 Å². The molecule has 3 aromatic rings. The van der Waals surface area contributed by atoms with Crippen molar-refractivity contribution >= 4 is 28.5 Å². The van der Waals surface area contributed by atoms with E-state index in [1.165, 1.54) is 0 Å². The number of hydrogen-bond donors (Lipinski definition) is 2. The van der Waals surface area contributed by atoms with Gasteiger partial charge in [-0.1, -0.05) is 18.2 Å². The van der Waals surface area contributed by atoms with Crippen LogP contribution in [0.1, 0.15) is 33.3 Å². The van der Waals surface area contributed by atoms with Crippen molar-refractivity contribution in [2.45, 2.75) is 40.2 Å². The number of benzene rings is 1. The van der Waals surface area contributed by atoms with Crippen molar-refractivity contribution in [1.82, 2.24) is 19.4 Å². The van der Waals surface area contributed by atoms with E-state index in [1.807, 2.05) is 38.1 Å². The number of aryl methyl sites for hydroxylation is 1. The van der Waals surface area contributed by atoms with Gasteiger partial charge in [0.1, 0.15) is 11.4 Å². The fourth-order valence-electron chi connectivity index (χ4n) is 4.04. The van der Waals surface area contributed by atoms with Crippen LogP contribution in [0.3, 0.4) is 0 Å². The van der Waals surface area contributed by atoms with Gasteiger partial charge in [-0.25, -0.2) is 9.59 Å². The molecule has 0 fully saturated rings. The van der Waals surface area contributed by atoms with Gasteiger partial charge in [-0.05, 0) is 82.8 Å². The quantitative estimate of drug-likeness (QED) is 0.159. The van der Waals surface area contributed by atoms with E-state index in [0.717, 1.165) is 5.56 Å². The number of aromatic nitrogens is 3. The van der Waals surface area contributed by atoms with E-state index in [2.05, 4.69) is 21.3 Å². The summed E-state index contributed by atoms with van der Waals surface area (Å²) in [6.07, 6.45) is 17.3. The molecule has 1 aliphatic carbocycles. The zero-order valence-electron chi connectivity index (χ0n) is 23.3. The number of amides is 1. The van der Waals surface area contributed by atoms with E-state index in [4.69, 9.17) is 9.47 Å². The molecular weight excluding hydrogens is 506 g/mol. The van der Waals surface area contributed by atoms with Gasteiger partial charge in [0.05, 0.1) is 28.6 Å². The molecule has 0 saturated carbocycles. The minimum atomic E-state index is -0.635. The molecule has 4 rings (SSSR count). The molecule has 0 saturated heterocycles. The first-order valence-electron chi connectivity index (χ1n) is 12.9. The molecule has 0 aliphatic heterocycles. The van der Waals surface area contributed by atoms with Gasteiger partial charge in [-0.2, -0.15) is 0 Å². The summed E-state index contributed by atoms with van der Waals surface area (Å²) < 4.78 is 14.3. The molecule has 2 N–H and O–H groups in total. The second-order valence-corrected chi connectivity index (χ2v) is 9.95. The third kappa shape index (κ3) is 6.70. The van der Waals surface area contributed by atoms with Crippen LogP contribution in [0.5, 0.6) is 0 Å². The maximum Gasteiger partial charge on any atom is 0.412 e. The number of anilines is 1. The Balaban J connectivity index is 1.70. The standard InChI is InChI=1S/C31H33N5O4/c1-6-7-8-17-32-21-39-26-14-10-12-24(15-16-26)35-27-20-33-19-22(2)28(27)36(30(35)38)25-13-9-11-23(18-25)34-29(37)40-31(3,4)5/h6-9,11-20,32H,21H2,1-5H3,(H,34,37)/b7-6-,17-8-. The van der Waals surface area contributed by atoms with Crippen LogP contribution in [0.2, 0.25) is 0 Å². The van der Waals surface area contributed by atoms with Gasteiger partial charge < -0.3 is 14.8 Å². The molecule has 0 radical (unpaired) electrons. The number of carbonyl (C=O) groups excluding carboxylic acids is 1. The monoisotopic (exact) mass is 539 g/mol. The summed E-state index contributed by atoms with van der Waals surface area (Å²) in [5.74, 6) is 0.588. The smallest absolute Gasteiger partial charge is 0.412 e. The first-order chi connectivity index (χ1) is 19.2. The highest BCUT2D eigenvalue weighted by Crippen LogP contribution is 2.25. The maximum atomic E-state index is 14.0. The second-order valence-electron chi connectivity index (χ2n) is 9.95. The highest BCUT2D eigenvalue weighted by Gasteiger charge is 2.20. The van der Waals surface area contributed by atoms with Gasteiger partial charge >= 0.3 is 11.8 Å². The molecular formula is C31H33N5O4. The number of allylic oxidation sites excluding steroid dienone is 7. The summed E-state index contributed by atoms with van der Waals surface area (Å²) in [5, 5.41) is 5.79. The Hall–Kier alpha value is -5.01.